The summed E-state index contributed by atoms with van der Waals surface area (Å²) in [6.45, 7) is 5.75. The van der Waals surface area contributed by atoms with Gasteiger partial charge in [-0.05, 0) is 18.8 Å². The number of nitrogens with one attached hydrogen (secondary N) is 1. The Kier molecular flexibility index (Phi) is 6.72. The molecule has 0 saturated carbocycles. The Labute approximate surface area is 96.4 Å². The first-order chi connectivity index (χ1) is 7.38. The van der Waals surface area contributed by atoms with Crippen molar-refractivity contribution < 1.29 is 14.7 Å². The Balaban J connectivity index is 4.28. The molecule has 0 aromatic rings. The van der Waals surface area contributed by atoms with Crippen LogP contribution in [0.1, 0.15) is 40.0 Å². The van der Waals surface area contributed by atoms with E-state index in [1.54, 1.807) is 0 Å². The smallest absolute Gasteiger partial charge is 0.326 e. The van der Waals surface area contributed by atoms with Crippen molar-refractivity contribution in [2.45, 2.75) is 52.1 Å². The number of aliphatic carboxylic acids is 1. The van der Waals surface area contributed by atoms with Crippen molar-refractivity contribution in [3.8, 4) is 0 Å². The number of amides is 1. The molecule has 0 rings (SSSR count). The molecule has 0 saturated heterocycles. The standard InChI is InChI=1S/C11H22N2O3/c1-4-5-8(12)10(14)13-9(11(15)16)6-7(2)3/h7-9H,4-6,12H2,1-3H3,(H,13,14)(H,15,16)/t8-,9-/m1/s1. The van der Waals surface area contributed by atoms with Crippen LogP contribution in [-0.4, -0.2) is 29.1 Å². The van der Waals surface area contributed by atoms with Crippen LogP contribution in [0, 0.1) is 5.92 Å². The Bertz CT molecular complexity index is 241. The minimum Gasteiger partial charge on any atom is -0.480 e. The molecule has 0 aliphatic rings. The highest BCUT2D eigenvalue weighted by Crippen LogP contribution is 2.05. The van der Waals surface area contributed by atoms with Crippen LogP contribution in [0.15, 0.2) is 0 Å². The summed E-state index contributed by atoms with van der Waals surface area (Å²) in [6.07, 6.45) is 1.79. The normalized spacial score (nSPS) is 14.6. The van der Waals surface area contributed by atoms with E-state index in [4.69, 9.17) is 10.8 Å². The van der Waals surface area contributed by atoms with Crippen LogP contribution in [0.3, 0.4) is 0 Å². The molecule has 4 N–H and O–H groups in total. The fourth-order valence-corrected chi connectivity index (χ4v) is 1.41. The first kappa shape index (κ1) is 14.9. The Morgan fingerprint density at radius 3 is 2.31 bits per heavy atom. The van der Waals surface area contributed by atoms with Gasteiger partial charge in [0.15, 0.2) is 0 Å². The molecule has 0 fully saturated rings. The van der Waals surface area contributed by atoms with E-state index >= 15 is 0 Å². The molecule has 0 spiro atoms. The van der Waals surface area contributed by atoms with Crippen molar-refractivity contribution in [2.75, 3.05) is 0 Å². The van der Waals surface area contributed by atoms with Gasteiger partial charge in [-0.25, -0.2) is 4.79 Å². The SMILES string of the molecule is CCC[C@@H](N)C(=O)N[C@H](CC(C)C)C(=O)O. The van der Waals surface area contributed by atoms with Gasteiger partial charge in [0.05, 0.1) is 6.04 Å². The van der Waals surface area contributed by atoms with Crippen LogP contribution in [0.4, 0.5) is 0 Å². The zero-order valence-corrected chi connectivity index (χ0v) is 10.2. The zero-order chi connectivity index (χ0) is 12.7. The van der Waals surface area contributed by atoms with Gasteiger partial charge in [-0.1, -0.05) is 27.2 Å². The van der Waals surface area contributed by atoms with Gasteiger partial charge in [0.2, 0.25) is 5.91 Å². The van der Waals surface area contributed by atoms with Crippen LogP contribution in [0.5, 0.6) is 0 Å². The third-order valence-electron chi connectivity index (χ3n) is 2.26. The van der Waals surface area contributed by atoms with Crippen LogP contribution in [0.25, 0.3) is 0 Å². The van der Waals surface area contributed by atoms with Crippen LogP contribution < -0.4 is 11.1 Å². The van der Waals surface area contributed by atoms with Crippen molar-refractivity contribution in [3.05, 3.63) is 0 Å². The van der Waals surface area contributed by atoms with Gasteiger partial charge < -0.3 is 16.2 Å². The number of carboxylic acids is 1. The highest BCUT2D eigenvalue weighted by Gasteiger charge is 2.23. The molecule has 2 atom stereocenters. The second-order valence-corrected chi connectivity index (χ2v) is 4.42. The van der Waals surface area contributed by atoms with Gasteiger partial charge >= 0.3 is 5.97 Å². The van der Waals surface area contributed by atoms with Gasteiger partial charge in [-0.15, -0.1) is 0 Å². The predicted molar refractivity (Wildman–Crippen MR) is 61.9 cm³/mol. The van der Waals surface area contributed by atoms with Crippen molar-refractivity contribution in [2.24, 2.45) is 11.7 Å². The molecule has 5 nitrogen and oxygen atoms in total. The van der Waals surface area contributed by atoms with Crippen molar-refractivity contribution in [1.82, 2.24) is 5.32 Å². The summed E-state index contributed by atoms with van der Waals surface area (Å²) in [5, 5.41) is 11.4. The lowest BCUT2D eigenvalue weighted by atomic mass is 10.0. The first-order valence-electron chi connectivity index (χ1n) is 5.67. The predicted octanol–water partition coefficient (Wildman–Crippen LogP) is 0.729. The monoisotopic (exact) mass is 230 g/mol. The number of hydrogen-bond acceptors (Lipinski definition) is 3. The lowest BCUT2D eigenvalue weighted by Gasteiger charge is -2.18. The summed E-state index contributed by atoms with van der Waals surface area (Å²) in [4.78, 5) is 22.4. The molecule has 0 heterocycles. The summed E-state index contributed by atoms with van der Waals surface area (Å²) < 4.78 is 0. The number of carbonyl (C=O) groups excluding carboxylic acids is 1. The topological polar surface area (TPSA) is 92.4 Å². The van der Waals surface area contributed by atoms with E-state index in [-0.39, 0.29) is 11.8 Å². The molecule has 0 aromatic heterocycles. The number of nitrogens with two attached hydrogens (primary N) is 1. The van der Waals surface area contributed by atoms with E-state index in [1.165, 1.54) is 0 Å². The molecule has 0 aliphatic carbocycles. The summed E-state index contributed by atoms with van der Waals surface area (Å²) in [5.41, 5.74) is 5.60. The van der Waals surface area contributed by atoms with E-state index in [9.17, 15) is 9.59 Å². The summed E-state index contributed by atoms with van der Waals surface area (Å²) >= 11 is 0. The molecule has 5 heteroatoms. The van der Waals surface area contributed by atoms with Gasteiger partial charge in [0.25, 0.3) is 0 Å². The number of carboxylic acid groups (broad SMARTS) is 1. The number of hydrogen-bond donors (Lipinski definition) is 3. The molecule has 0 bridgehead atoms. The fourth-order valence-electron chi connectivity index (χ4n) is 1.41. The Morgan fingerprint density at radius 2 is 1.94 bits per heavy atom. The van der Waals surface area contributed by atoms with Crippen LogP contribution in [0.2, 0.25) is 0 Å². The van der Waals surface area contributed by atoms with Gasteiger partial charge in [0, 0.05) is 0 Å². The Morgan fingerprint density at radius 1 is 1.38 bits per heavy atom. The Hall–Kier alpha value is -1.10. The molecule has 0 unspecified atom stereocenters. The molecular formula is C11H22N2O3. The summed E-state index contributed by atoms with van der Waals surface area (Å²) in [7, 11) is 0. The second kappa shape index (κ2) is 7.22. The van der Waals surface area contributed by atoms with Crippen molar-refractivity contribution in [3.63, 3.8) is 0 Å². The average molecular weight is 230 g/mol. The van der Waals surface area contributed by atoms with Gasteiger partial charge in [-0.2, -0.15) is 0 Å². The molecular weight excluding hydrogens is 208 g/mol. The van der Waals surface area contributed by atoms with Crippen molar-refractivity contribution >= 4 is 11.9 Å². The average Bonchev–Trinajstić information content (AvgIpc) is 2.16. The number of carbonyl (C=O) groups is 2. The second-order valence-electron chi connectivity index (χ2n) is 4.42. The van der Waals surface area contributed by atoms with Crippen molar-refractivity contribution in [1.29, 1.82) is 0 Å². The van der Waals surface area contributed by atoms with Crippen LogP contribution >= 0.6 is 0 Å². The van der Waals surface area contributed by atoms with E-state index in [0.29, 0.717) is 12.8 Å². The molecule has 94 valence electrons. The lowest BCUT2D eigenvalue weighted by molar-refractivity contribution is -0.142. The maximum atomic E-state index is 11.5. The highest BCUT2D eigenvalue weighted by molar-refractivity contribution is 5.86. The molecule has 0 aromatic carbocycles. The van der Waals surface area contributed by atoms with E-state index in [0.717, 1.165) is 6.42 Å². The summed E-state index contributed by atoms with van der Waals surface area (Å²) in [6, 6.07) is -1.45. The van der Waals surface area contributed by atoms with Gasteiger partial charge in [-0.3, -0.25) is 4.79 Å². The van der Waals surface area contributed by atoms with E-state index < -0.39 is 18.1 Å². The molecule has 1 amide bonds. The van der Waals surface area contributed by atoms with Crippen LogP contribution in [-0.2, 0) is 9.59 Å². The summed E-state index contributed by atoms with van der Waals surface area (Å²) in [5.74, 6) is -1.18. The van der Waals surface area contributed by atoms with E-state index in [1.807, 2.05) is 20.8 Å². The largest absolute Gasteiger partial charge is 0.480 e. The maximum Gasteiger partial charge on any atom is 0.326 e. The lowest BCUT2D eigenvalue weighted by Crippen LogP contribution is -2.48. The number of rotatable bonds is 7. The quantitative estimate of drug-likeness (QED) is 0.601. The fraction of sp³-hybridized carbons (Fsp3) is 0.818. The zero-order valence-electron chi connectivity index (χ0n) is 10.2. The van der Waals surface area contributed by atoms with Gasteiger partial charge in [0.1, 0.15) is 6.04 Å². The molecule has 16 heavy (non-hydrogen) atoms. The third-order valence-corrected chi connectivity index (χ3v) is 2.26. The highest BCUT2D eigenvalue weighted by atomic mass is 16.4. The van der Waals surface area contributed by atoms with E-state index in [2.05, 4.69) is 5.32 Å². The first-order valence-corrected chi connectivity index (χ1v) is 5.67. The third kappa shape index (κ3) is 5.70. The minimum atomic E-state index is -1.01. The molecule has 0 aliphatic heterocycles. The maximum absolute atomic E-state index is 11.5. The molecule has 0 radical (unpaired) electrons. The minimum absolute atomic E-state index is 0.212.